The molecule has 17 heavy (non-hydrogen) atoms. The summed E-state index contributed by atoms with van der Waals surface area (Å²) >= 11 is 0. The van der Waals surface area contributed by atoms with E-state index >= 15 is 0 Å². The molecule has 0 radical (unpaired) electrons. The Morgan fingerprint density at radius 1 is 1.24 bits per heavy atom. The Bertz CT molecular complexity index is 354. The standard InChI is InChI=1S/C15H23NO/c1-5-13-6-8-14(9-7-13)15(17)11-16(4)10-12(2)3/h6-9,12H,5,10-11H2,1-4H3. The van der Waals surface area contributed by atoms with Gasteiger partial charge in [0.2, 0.25) is 0 Å². The molecule has 94 valence electrons. The van der Waals surface area contributed by atoms with E-state index in [9.17, 15) is 4.79 Å². The summed E-state index contributed by atoms with van der Waals surface area (Å²) in [6.07, 6.45) is 1.02. The maximum absolute atomic E-state index is 12.0. The highest BCUT2D eigenvalue weighted by Crippen LogP contribution is 2.07. The minimum atomic E-state index is 0.204. The van der Waals surface area contributed by atoms with Crippen LogP contribution >= 0.6 is 0 Å². The molecule has 1 aromatic rings. The van der Waals surface area contributed by atoms with E-state index in [-0.39, 0.29) is 5.78 Å². The van der Waals surface area contributed by atoms with Crippen molar-refractivity contribution < 1.29 is 4.79 Å². The van der Waals surface area contributed by atoms with E-state index in [0.29, 0.717) is 12.5 Å². The second-order valence-corrected chi connectivity index (χ2v) is 5.06. The molecule has 2 nitrogen and oxygen atoms in total. The number of hydrogen-bond donors (Lipinski definition) is 0. The molecule has 1 rings (SSSR count). The van der Waals surface area contributed by atoms with Gasteiger partial charge in [0, 0.05) is 12.1 Å². The molecule has 2 heteroatoms. The molecule has 0 atom stereocenters. The van der Waals surface area contributed by atoms with Crippen molar-refractivity contribution in [2.75, 3.05) is 20.1 Å². The Morgan fingerprint density at radius 3 is 2.29 bits per heavy atom. The molecule has 0 unspecified atom stereocenters. The van der Waals surface area contributed by atoms with Crippen molar-refractivity contribution in [1.82, 2.24) is 4.90 Å². The summed E-state index contributed by atoms with van der Waals surface area (Å²) in [6, 6.07) is 7.94. The van der Waals surface area contributed by atoms with Crippen LogP contribution in [-0.2, 0) is 6.42 Å². The Balaban J connectivity index is 2.57. The van der Waals surface area contributed by atoms with Gasteiger partial charge >= 0.3 is 0 Å². The van der Waals surface area contributed by atoms with Crippen molar-refractivity contribution in [3.05, 3.63) is 35.4 Å². The summed E-state index contributed by atoms with van der Waals surface area (Å²) in [5, 5.41) is 0. The molecule has 0 aromatic heterocycles. The molecule has 0 fully saturated rings. The summed E-state index contributed by atoms with van der Waals surface area (Å²) in [4.78, 5) is 14.1. The molecule has 0 N–H and O–H groups in total. The quantitative estimate of drug-likeness (QED) is 0.704. The average Bonchev–Trinajstić information content (AvgIpc) is 2.28. The number of aryl methyl sites for hydroxylation is 1. The van der Waals surface area contributed by atoms with Gasteiger partial charge in [-0.15, -0.1) is 0 Å². The molecule has 0 bridgehead atoms. The van der Waals surface area contributed by atoms with Gasteiger partial charge in [0.1, 0.15) is 0 Å². The van der Waals surface area contributed by atoms with Gasteiger partial charge in [-0.05, 0) is 24.9 Å². The lowest BCUT2D eigenvalue weighted by Gasteiger charge is -2.17. The van der Waals surface area contributed by atoms with Crippen LogP contribution in [-0.4, -0.2) is 30.8 Å². The maximum atomic E-state index is 12.0. The van der Waals surface area contributed by atoms with Crippen LogP contribution in [0.1, 0.15) is 36.7 Å². The topological polar surface area (TPSA) is 20.3 Å². The number of ketones is 1. The normalized spacial score (nSPS) is 11.2. The lowest BCUT2D eigenvalue weighted by atomic mass is 10.1. The van der Waals surface area contributed by atoms with Crippen LogP contribution in [0.15, 0.2) is 24.3 Å². The van der Waals surface area contributed by atoms with Crippen molar-refractivity contribution in [3.8, 4) is 0 Å². The zero-order valence-corrected chi connectivity index (χ0v) is 11.4. The van der Waals surface area contributed by atoms with Gasteiger partial charge in [0.05, 0.1) is 6.54 Å². The molecule has 1 aromatic carbocycles. The van der Waals surface area contributed by atoms with Crippen LogP contribution in [0, 0.1) is 5.92 Å². The fraction of sp³-hybridized carbons (Fsp3) is 0.533. The first-order chi connectivity index (χ1) is 8.02. The monoisotopic (exact) mass is 233 g/mol. The number of nitrogens with zero attached hydrogens (tertiary/aromatic N) is 1. The van der Waals surface area contributed by atoms with Crippen LogP contribution in [0.2, 0.25) is 0 Å². The second kappa shape index (κ2) is 6.55. The third kappa shape index (κ3) is 4.70. The van der Waals surface area contributed by atoms with E-state index in [4.69, 9.17) is 0 Å². The third-order valence-corrected chi connectivity index (χ3v) is 2.77. The Labute approximate surface area is 105 Å². The minimum Gasteiger partial charge on any atom is -0.299 e. The number of carbonyl (C=O) groups is 1. The van der Waals surface area contributed by atoms with Crippen LogP contribution in [0.5, 0.6) is 0 Å². The molecule has 0 aliphatic rings. The molecular formula is C15H23NO. The third-order valence-electron chi connectivity index (χ3n) is 2.77. The second-order valence-electron chi connectivity index (χ2n) is 5.06. The highest BCUT2D eigenvalue weighted by atomic mass is 16.1. The predicted octanol–water partition coefficient (Wildman–Crippen LogP) is 3.02. The zero-order chi connectivity index (χ0) is 12.8. The van der Waals surface area contributed by atoms with Crippen molar-refractivity contribution in [3.63, 3.8) is 0 Å². The summed E-state index contributed by atoms with van der Waals surface area (Å²) < 4.78 is 0. The lowest BCUT2D eigenvalue weighted by molar-refractivity contribution is 0.0940. The molecule has 0 aliphatic heterocycles. The molecule has 0 saturated heterocycles. The summed E-state index contributed by atoms with van der Waals surface area (Å²) in [7, 11) is 2.00. The number of Topliss-reactive ketones (excluding diaryl/α,β-unsaturated/α-hetero) is 1. The van der Waals surface area contributed by atoms with Crippen LogP contribution in [0.25, 0.3) is 0 Å². The Morgan fingerprint density at radius 2 is 1.82 bits per heavy atom. The molecule has 0 aliphatic carbocycles. The van der Waals surface area contributed by atoms with Crippen LogP contribution in [0.4, 0.5) is 0 Å². The van der Waals surface area contributed by atoms with Gasteiger partial charge in [-0.2, -0.15) is 0 Å². The molecule has 0 spiro atoms. The average molecular weight is 233 g/mol. The molecular weight excluding hydrogens is 210 g/mol. The van der Waals surface area contributed by atoms with E-state index < -0.39 is 0 Å². The highest BCUT2D eigenvalue weighted by molar-refractivity contribution is 5.97. The summed E-state index contributed by atoms with van der Waals surface area (Å²) in [5.41, 5.74) is 2.09. The van der Waals surface area contributed by atoms with Gasteiger partial charge in [-0.1, -0.05) is 45.0 Å². The van der Waals surface area contributed by atoms with Crippen molar-refractivity contribution in [2.24, 2.45) is 5.92 Å². The lowest BCUT2D eigenvalue weighted by Crippen LogP contribution is -2.29. The Kier molecular flexibility index (Phi) is 5.36. The van der Waals surface area contributed by atoms with E-state index in [1.165, 1.54) is 5.56 Å². The predicted molar refractivity (Wildman–Crippen MR) is 72.5 cm³/mol. The maximum Gasteiger partial charge on any atom is 0.176 e. The zero-order valence-electron chi connectivity index (χ0n) is 11.4. The molecule has 0 saturated carbocycles. The van der Waals surface area contributed by atoms with Gasteiger partial charge in [0.25, 0.3) is 0 Å². The van der Waals surface area contributed by atoms with Crippen LogP contribution in [0.3, 0.4) is 0 Å². The van der Waals surface area contributed by atoms with Gasteiger partial charge in [0.15, 0.2) is 5.78 Å². The largest absolute Gasteiger partial charge is 0.299 e. The first-order valence-electron chi connectivity index (χ1n) is 6.33. The SMILES string of the molecule is CCc1ccc(C(=O)CN(C)CC(C)C)cc1. The fourth-order valence-corrected chi connectivity index (χ4v) is 1.95. The summed E-state index contributed by atoms with van der Waals surface area (Å²) in [5.74, 6) is 0.797. The number of likely N-dealkylation sites (N-methyl/N-ethyl adjacent to an activating group) is 1. The van der Waals surface area contributed by atoms with Crippen molar-refractivity contribution >= 4 is 5.78 Å². The first kappa shape index (κ1) is 13.9. The van der Waals surface area contributed by atoms with Crippen LogP contribution < -0.4 is 0 Å². The number of hydrogen-bond acceptors (Lipinski definition) is 2. The van der Waals surface area contributed by atoms with Crippen molar-refractivity contribution in [1.29, 1.82) is 0 Å². The number of rotatable bonds is 6. The minimum absolute atomic E-state index is 0.204. The van der Waals surface area contributed by atoms with Crippen molar-refractivity contribution in [2.45, 2.75) is 27.2 Å². The van der Waals surface area contributed by atoms with Gasteiger partial charge < -0.3 is 0 Å². The smallest absolute Gasteiger partial charge is 0.176 e. The van der Waals surface area contributed by atoms with E-state index in [2.05, 4.69) is 25.7 Å². The highest BCUT2D eigenvalue weighted by Gasteiger charge is 2.10. The molecule has 0 heterocycles. The summed E-state index contributed by atoms with van der Waals surface area (Å²) in [6.45, 7) is 7.91. The van der Waals surface area contributed by atoms with E-state index in [1.54, 1.807) is 0 Å². The fourth-order valence-electron chi connectivity index (χ4n) is 1.95. The van der Waals surface area contributed by atoms with Gasteiger partial charge in [-0.3, -0.25) is 9.69 Å². The number of benzene rings is 1. The molecule has 0 amide bonds. The van der Waals surface area contributed by atoms with E-state index in [1.807, 2.05) is 31.3 Å². The number of carbonyl (C=O) groups excluding carboxylic acids is 1. The Hall–Kier alpha value is -1.15. The first-order valence-corrected chi connectivity index (χ1v) is 6.33. The van der Waals surface area contributed by atoms with E-state index in [0.717, 1.165) is 18.5 Å². The van der Waals surface area contributed by atoms with Gasteiger partial charge in [-0.25, -0.2) is 0 Å².